The van der Waals surface area contributed by atoms with Gasteiger partial charge in [0.15, 0.2) is 5.60 Å². The lowest BCUT2D eigenvalue weighted by Crippen LogP contribution is -2.51. The molecule has 0 aromatic heterocycles. The molecule has 114 valence electrons. The quantitative estimate of drug-likeness (QED) is 0.878. The molecule has 0 bridgehead atoms. The van der Waals surface area contributed by atoms with Crippen molar-refractivity contribution in [1.29, 1.82) is 0 Å². The van der Waals surface area contributed by atoms with Crippen LogP contribution in [-0.2, 0) is 11.2 Å². The second-order valence-electron chi connectivity index (χ2n) is 6.53. The molecule has 0 spiro atoms. The maximum atomic E-state index is 12.2. The van der Waals surface area contributed by atoms with Gasteiger partial charge in [-0.25, -0.2) is 0 Å². The molecule has 3 nitrogen and oxygen atoms in total. The topological polar surface area (TPSA) is 49.3 Å². The van der Waals surface area contributed by atoms with Crippen LogP contribution in [0.15, 0.2) is 30.3 Å². The summed E-state index contributed by atoms with van der Waals surface area (Å²) in [5.41, 5.74) is 0.392. The largest absolute Gasteiger partial charge is 0.379 e. The third-order valence-electron chi connectivity index (χ3n) is 4.88. The van der Waals surface area contributed by atoms with Crippen LogP contribution in [0.5, 0.6) is 0 Å². The van der Waals surface area contributed by atoms with Crippen molar-refractivity contribution >= 4 is 17.7 Å². The molecule has 1 aliphatic carbocycles. The molecular formula is C17H23NO2S. The van der Waals surface area contributed by atoms with E-state index >= 15 is 0 Å². The highest BCUT2D eigenvalue weighted by molar-refractivity contribution is 7.99. The molecule has 2 N–H and O–H groups in total. The SMILES string of the molecule is O=C(NCC1(Cc2ccccc2)CCC1)C1(O)CCSC1. The number of rotatable bonds is 5. The lowest BCUT2D eigenvalue weighted by Gasteiger charge is -2.43. The molecule has 21 heavy (non-hydrogen) atoms. The molecule has 1 saturated carbocycles. The van der Waals surface area contributed by atoms with Crippen LogP contribution in [0, 0.1) is 5.41 Å². The molecule has 4 heteroatoms. The highest BCUT2D eigenvalue weighted by Gasteiger charge is 2.42. The first-order chi connectivity index (χ1) is 10.1. The Kier molecular flexibility index (Phi) is 4.27. The molecule has 0 radical (unpaired) electrons. The first-order valence-electron chi connectivity index (χ1n) is 7.74. The normalized spacial score (nSPS) is 27.1. The van der Waals surface area contributed by atoms with E-state index in [1.54, 1.807) is 11.8 Å². The van der Waals surface area contributed by atoms with E-state index in [0.717, 1.165) is 25.0 Å². The number of hydrogen-bond acceptors (Lipinski definition) is 3. The van der Waals surface area contributed by atoms with E-state index in [2.05, 4.69) is 29.6 Å². The van der Waals surface area contributed by atoms with Gasteiger partial charge < -0.3 is 10.4 Å². The summed E-state index contributed by atoms with van der Waals surface area (Å²) in [6, 6.07) is 10.5. The number of aliphatic hydroxyl groups is 1. The van der Waals surface area contributed by atoms with E-state index in [0.29, 0.717) is 18.7 Å². The van der Waals surface area contributed by atoms with E-state index in [1.807, 2.05) is 6.07 Å². The van der Waals surface area contributed by atoms with Gasteiger partial charge >= 0.3 is 0 Å². The lowest BCUT2D eigenvalue weighted by molar-refractivity contribution is -0.138. The third-order valence-corrected chi connectivity index (χ3v) is 6.06. The lowest BCUT2D eigenvalue weighted by atomic mass is 9.65. The summed E-state index contributed by atoms with van der Waals surface area (Å²) in [5, 5.41) is 13.3. The van der Waals surface area contributed by atoms with Gasteiger partial charge in [0.05, 0.1) is 0 Å². The van der Waals surface area contributed by atoms with Gasteiger partial charge in [-0.05, 0) is 42.4 Å². The van der Waals surface area contributed by atoms with Crippen LogP contribution in [0.2, 0.25) is 0 Å². The predicted molar refractivity (Wildman–Crippen MR) is 86.3 cm³/mol. The molecule has 1 unspecified atom stereocenters. The van der Waals surface area contributed by atoms with Crippen molar-refractivity contribution in [2.45, 2.75) is 37.7 Å². The summed E-state index contributed by atoms with van der Waals surface area (Å²) in [5.74, 6) is 1.23. The smallest absolute Gasteiger partial charge is 0.252 e. The zero-order valence-electron chi connectivity index (χ0n) is 12.3. The zero-order valence-corrected chi connectivity index (χ0v) is 13.1. The Hall–Kier alpha value is -1.00. The Bertz CT molecular complexity index is 493. The number of thioether (sulfide) groups is 1. The monoisotopic (exact) mass is 305 g/mol. The number of carbonyl (C=O) groups is 1. The highest BCUT2D eigenvalue weighted by atomic mass is 32.2. The first-order valence-corrected chi connectivity index (χ1v) is 8.90. The van der Waals surface area contributed by atoms with Crippen LogP contribution in [-0.4, -0.2) is 34.7 Å². The van der Waals surface area contributed by atoms with E-state index in [4.69, 9.17) is 0 Å². The highest BCUT2D eigenvalue weighted by Crippen LogP contribution is 2.43. The molecule has 1 atom stereocenters. The van der Waals surface area contributed by atoms with Gasteiger partial charge in [0.1, 0.15) is 0 Å². The summed E-state index contributed by atoms with van der Waals surface area (Å²) < 4.78 is 0. The Balaban J connectivity index is 1.58. The van der Waals surface area contributed by atoms with Crippen LogP contribution in [0.1, 0.15) is 31.2 Å². The van der Waals surface area contributed by atoms with Crippen molar-refractivity contribution in [3.8, 4) is 0 Å². The fourth-order valence-corrected chi connectivity index (χ4v) is 4.53. The molecule has 1 aromatic rings. The van der Waals surface area contributed by atoms with Crippen molar-refractivity contribution in [3.05, 3.63) is 35.9 Å². The average molecular weight is 305 g/mol. The molecule has 2 fully saturated rings. The first kappa shape index (κ1) is 14.9. The van der Waals surface area contributed by atoms with Gasteiger partial charge in [-0.2, -0.15) is 11.8 Å². The van der Waals surface area contributed by atoms with Crippen LogP contribution in [0.4, 0.5) is 0 Å². The van der Waals surface area contributed by atoms with Gasteiger partial charge in [0, 0.05) is 12.3 Å². The summed E-state index contributed by atoms with van der Waals surface area (Å²) >= 11 is 1.65. The predicted octanol–water partition coefficient (Wildman–Crippen LogP) is 2.38. The van der Waals surface area contributed by atoms with Gasteiger partial charge in [-0.3, -0.25) is 4.79 Å². The van der Waals surface area contributed by atoms with Crippen molar-refractivity contribution in [3.63, 3.8) is 0 Å². The summed E-state index contributed by atoms with van der Waals surface area (Å²) in [6.07, 6.45) is 5.16. The zero-order chi connectivity index (χ0) is 14.8. The van der Waals surface area contributed by atoms with E-state index in [-0.39, 0.29) is 11.3 Å². The van der Waals surface area contributed by atoms with Crippen molar-refractivity contribution < 1.29 is 9.90 Å². The molecule has 1 aliphatic heterocycles. The molecule has 1 amide bonds. The minimum absolute atomic E-state index is 0.174. The van der Waals surface area contributed by atoms with Crippen LogP contribution < -0.4 is 5.32 Å². The Morgan fingerprint density at radius 2 is 2.00 bits per heavy atom. The van der Waals surface area contributed by atoms with Crippen LogP contribution >= 0.6 is 11.8 Å². The number of hydrogen-bond donors (Lipinski definition) is 2. The van der Waals surface area contributed by atoms with Gasteiger partial charge in [-0.15, -0.1) is 0 Å². The second kappa shape index (κ2) is 6.01. The number of carbonyl (C=O) groups excluding carboxylic acids is 1. The van der Waals surface area contributed by atoms with Crippen molar-refractivity contribution in [2.75, 3.05) is 18.1 Å². The maximum absolute atomic E-state index is 12.2. The average Bonchev–Trinajstić information content (AvgIpc) is 2.90. The minimum atomic E-state index is -1.14. The summed E-state index contributed by atoms with van der Waals surface area (Å²) in [6.45, 7) is 0.688. The van der Waals surface area contributed by atoms with E-state index in [9.17, 15) is 9.90 Å². The Morgan fingerprint density at radius 3 is 2.57 bits per heavy atom. The summed E-state index contributed by atoms with van der Waals surface area (Å²) in [4.78, 5) is 12.2. The van der Waals surface area contributed by atoms with Gasteiger partial charge in [-0.1, -0.05) is 36.8 Å². The Morgan fingerprint density at radius 1 is 1.24 bits per heavy atom. The van der Waals surface area contributed by atoms with Crippen molar-refractivity contribution in [2.24, 2.45) is 5.41 Å². The standard InChI is InChI=1S/C17H23NO2S/c19-15(17(20)9-10-21-13-17)18-12-16(7-4-8-16)11-14-5-2-1-3-6-14/h1-3,5-6,20H,4,7-13H2,(H,18,19). The molecule has 1 heterocycles. The Labute approximate surface area is 130 Å². The number of benzene rings is 1. The van der Waals surface area contributed by atoms with Gasteiger partial charge in [0.25, 0.3) is 5.91 Å². The van der Waals surface area contributed by atoms with Crippen LogP contribution in [0.25, 0.3) is 0 Å². The molecule has 3 rings (SSSR count). The van der Waals surface area contributed by atoms with Crippen LogP contribution in [0.3, 0.4) is 0 Å². The van der Waals surface area contributed by atoms with Gasteiger partial charge in [0.2, 0.25) is 0 Å². The molecule has 2 aliphatic rings. The number of amides is 1. The fourth-order valence-electron chi connectivity index (χ4n) is 3.29. The molecule has 1 aromatic carbocycles. The van der Waals surface area contributed by atoms with E-state index in [1.165, 1.54) is 12.0 Å². The summed E-state index contributed by atoms with van der Waals surface area (Å²) in [7, 11) is 0. The second-order valence-corrected chi connectivity index (χ2v) is 7.64. The third kappa shape index (κ3) is 3.27. The van der Waals surface area contributed by atoms with Crippen molar-refractivity contribution in [1.82, 2.24) is 5.32 Å². The molecule has 1 saturated heterocycles. The number of nitrogens with one attached hydrogen (secondary N) is 1. The minimum Gasteiger partial charge on any atom is -0.379 e. The maximum Gasteiger partial charge on any atom is 0.252 e. The van der Waals surface area contributed by atoms with E-state index < -0.39 is 5.60 Å². The molecular weight excluding hydrogens is 282 g/mol. The fraction of sp³-hybridized carbons (Fsp3) is 0.588.